The Labute approximate surface area is 152 Å². The van der Waals surface area contributed by atoms with Crippen molar-refractivity contribution in [2.24, 2.45) is 5.16 Å². The molecular weight excluding hydrogens is 322 g/mol. The van der Waals surface area contributed by atoms with Crippen LogP contribution in [0.4, 0.5) is 0 Å². The monoisotopic (exact) mass is 341 g/mol. The number of hydrogen-bond donors (Lipinski definition) is 1. The molecule has 0 atom stereocenters. The van der Waals surface area contributed by atoms with Gasteiger partial charge in [0.2, 0.25) is 0 Å². The zero-order chi connectivity index (χ0) is 17.9. The molecule has 1 aromatic heterocycles. The Morgan fingerprint density at radius 1 is 1.04 bits per heavy atom. The van der Waals surface area contributed by atoms with Gasteiger partial charge in [0, 0.05) is 5.69 Å². The number of hydrogen-bond acceptors (Lipinski definition) is 3. The smallest absolute Gasteiger partial charge is 0.100 e. The number of rotatable bonds is 4. The van der Waals surface area contributed by atoms with Crippen molar-refractivity contribution in [3.63, 3.8) is 0 Å². The van der Waals surface area contributed by atoms with E-state index in [4.69, 9.17) is 5.21 Å². The van der Waals surface area contributed by atoms with Gasteiger partial charge >= 0.3 is 0 Å². The molecule has 0 aliphatic carbocycles. The first-order valence-electron chi connectivity index (χ1n) is 8.63. The molecule has 0 aliphatic heterocycles. The third kappa shape index (κ3) is 2.86. The number of nitrogens with zero attached hydrogens (tertiary/aromatic N) is 3. The van der Waals surface area contributed by atoms with Crippen LogP contribution in [-0.4, -0.2) is 21.0 Å². The third-order valence-corrected chi connectivity index (χ3v) is 4.61. The molecule has 128 valence electrons. The maximum atomic E-state index is 8.70. The Hall–Kier alpha value is -3.40. The van der Waals surface area contributed by atoms with Gasteiger partial charge in [0.15, 0.2) is 0 Å². The summed E-state index contributed by atoms with van der Waals surface area (Å²) in [4.78, 5) is 4.49. The molecule has 0 amide bonds. The minimum atomic E-state index is 0.816. The van der Waals surface area contributed by atoms with Gasteiger partial charge in [0.1, 0.15) is 6.33 Å². The zero-order valence-electron chi connectivity index (χ0n) is 14.5. The van der Waals surface area contributed by atoms with E-state index < -0.39 is 0 Å². The standard InChI is InChI=1S/C22H19N3O/c1-2-17-6-3-4-9-20(17)18-7-5-8-19(13-18)25-15-23-21-12-16(14-24-26)10-11-22(21)25/h3-15,26H,2H2,1H3/b24-14+. The number of oxime groups is 1. The first-order chi connectivity index (χ1) is 12.8. The van der Waals surface area contributed by atoms with Crippen LogP contribution in [0.1, 0.15) is 18.1 Å². The summed E-state index contributed by atoms with van der Waals surface area (Å²) in [6, 6.07) is 22.8. The second kappa shape index (κ2) is 6.84. The highest BCUT2D eigenvalue weighted by molar-refractivity contribution is 5.87. The van der Waals surface area contributed by atoms with Crippen LogP contribution in [0.3, 0.4) is 0 Å². The molecule has 4 heteroatoms. The topological polar surface area (TPSA) is 50.4 Å². The highest BCUT2D eigenvalue weighted by Crippen LogP contribution is 2.27. The molecule has 0 saturated heterocycles. The van der Waals surface area contributed by atoms with Crippen LogP contribution in [0.15, 0.2) is 78.2 Å². The van der Waals surface area contributed by atoms with Crippen molar-refractivity contribution < 1.29 is 5.21 Å². The minimum absolute atomic E-state index is 0.816. The van der Waals surface area contributed by atoms with Crippen molar-refractivity contribution in [3.05, 3.63) is 84.2 Å². The molecule has 0 fully saturated rings. The average Bonchev–Trinajstić information content (AvgIpc) is 3.11. The fourth-order valence-electron chi connectivity index (χ4n) is 3.32. The second-order valence-corrected chi connectivity index (χ2v) is 6.17. The summed E-state index contributed by atoms with van der Waals surface area (Å²) >= 11 is 0. The summed E-state index contributed by atoms with van der Waals surface area (Å²) in [7, 11) is 0. The predicted molar refractivity (Wildman–Crippen MR) is 105 cm³/mol. The molecular formula is C22H19N3O. The van der Waals surface area contributed by atoms with Crippen molar-refractivity contribution in [2.45, 2.75) is 13.3 Å². The number of aryl methyl sites for hydroxylation is 1. The van der Waals surface area contributed by atoms with Gasteiger partial charge in [-0.3, -0.25) is 4.57 Å². The third-order valence-electron chi connectivity index (χ3n) is 4.61. The summed E-state index contributed by atoms with van der Waals surface area (Å²) in [6.45, 7) is 2.18. The maximum absolute atomic E-state index is 8.70. The first-order valence-corrected chi connectivity index (χ1v) is 8.63. The van der Waals surface area contributed by atoms with Gasteiger partial charge in [0.05, 0.1) is 17.2 Å². The second-order valence-electron chi connectivity index (χ2n) is 6.17. The lowest BCUT2D eigenvalue weighted by molar-refractivity contribution is 0.322. The lowest BCUT2D eigenvalue weighted by Gasteiger charge is -2.11. The van der Waals surface area contributed by atoms with Crippen LogP contribution in [0.2, 0.25) is 0 Å². The number of fused-ring (bicyclic) bond motifs is 1. The number of benzene rings is 3. The SMILES string of the molecule is CCc1ccccc1-c1cccc(-n2cnc3cc(/C=N/O)ccc32)c1. The molecule has 0 bridgehead atoms. The van der Waals surface area contributed by atoms with Crippen molar-refractivity contribution in [3.8, 4) is 16.8 Å². The molecule has 0 spiro atoms. The molecule has 4 rings (SSSR count). The average molecular weight is 341 g/mol. The van der Waals surface area contributed by atoms with Gasteiger partial charge in [-0.1, -0.05) is 54.5 Å². The van der Waals surface area contributed by atoms with Crippen LogP contribution in [0, 0.1) is 0 Å². The Morgan fingerprint density at radius 2 is 1.92 bits per heavy atom. The lowest BCUT2D eigenvalue weighted by Crippen LogP contribution is -1.94. The van der Waals surface area contributed by atoms with Crippen LogP contribution in [-0.2, 0) is 6.42 Å². The highest BCUT2D eigenvalue weighted by Gasteiger charge is 2.08. The van der Waals surface area contributed by atoms with Gasteiger partial charge in [-0.05, 0) is 52.9 Å². The molecule has 26 heavy (non-hydrogen) atoms. The summed E-state index contributed by atoms with van der Waals surface area (Å²) in [5.41, 5.74) is 7.57. The lowest BCUT2D eigenvalue weighted by atomic mass is 9.98. The summed E-state index contributed by atoms with van der Waals surface area (Å²) in [6.07, 6.45) is 4.24. The Balaban J connectivity index is 1.81. The molecule has 0 unspecified atom stereocenters. The quantitative estimate of drug-likeness (QED) is 0.320. The van der Waals surface area contributed by atoms with Gasteiger partial charge < -0.3 is 5.21 Å². The van der Waals surface area contributed by atoms with Crippen molar-refractivity contribution in [1.82, 2.24) is 9.55 Å². The van der Waals surface area contributed by atoms with Crippen molar-refractivity contribution in [1.29, 1.82) is 0 Å². The van der Waals surface area contributed by atoms with E-state index in [0.29, 0.717) is 0 Å². The van der Waals surface area contributed by atoms with E-state index in [2.05, 4.69) is 70.2 Å². The molecule has 0 radical (unpaired) electrons. The van der Waals surface area contributed by atoms with Crippen molar-refractivity contribution >= 4 is 17.2 Å². The van der Waals surface area contributed by atoms with Crippen LogP contribution in [0.25, 0.3) is 27.8 Å². The van der Waals surface area contributed by atoms with E-state index in [-0.39, 0.29) is 0 Å². The molecule has 3 aromatic carbocycles. The van der Waals surface area contributed by atoms with E-state index in [1.165, 1.54) is 22.9 Å². The van der Waals surface area contributed by atoms with Crippen LogP contribution >= 0.6 is 0 Å². The van der Waals surface area contributed by atoms with E-state index >= 15 is 0 Å². The van der Waals surface area contributed by atoms with Gasteiger partial charge in [0.25, 0.3) is 0 Å². The molecule has 1 N–H and O–H groups in total. The summed E-state index contributed by atoms with van der Waals surface area (Å²) < 4.78 is 2.08. The predicted octanol–water partition coefficient (Wildman–Crippen LogP) is 5.06. The normalized spacial score (nSPS) is 11.4. The Morgan fingerprint density at radius 3 is 2.77 bits per heavy atom. The summed E-state index contributed by atoms with van der Waals surface area (Å²) in [5.74, 6) is 0. The Kier molecular flexibility index (Phi) is 4.23. The van der Waals surface area contributed by atoms with Crippen LogP contribution in [0.5, 0.6) is 0 Å². The zero-order valence-corrected chi connectivity index (χ0v) is 14.5. The van der Waals surface area contributed by atoms with E-state index in [0.717, 1.165) is 28.7 Å². The van der Waals surface area contributed by atoms with E-state index in [9.17, 15) is 0 Å². The van der Waals surface area contributed by atoms with Gasteiger partial charge in [-0.25, -0.2) is 4.98 Å². The summed E-state index contributed by atoms with van der Waals surface area (Å²) in [5, 5.41) is 11.8. The first kappa shape index (κ1) is 16.1. The van der Waals surface area contributed by atoms with Crippen molar-refractivity contribution in [2.75, 3.05) is 0 Å². The largest absolute Gasteiger partial charge is 0.411 e. The Bertz CT molecular complexity index is 1100. The van der Waals surface area contributed by atoms with E-state index in [1.807, 2.05) is 24.5 Å². The minimum Gasteiger partial charge on any atom is -0.411 e. The van der Waals surface area contributed by atoms with Crippen LogP contribution < -0.4 is 0 Å². The fourth-order valence-corrected chi connectivity index (χ4v) is 3.32. The maximum Gasteiger partial charge on any atom is 0.100 e. The van der Waals surface area contributed by atoms with Gasteiger partial charge in [-0.15, -0.1) is 0 Å². The highest BCUT2D eigenvalue weighted by atomic mass is 16.4. The fraction of sp³-hybridized carbons (Fsp3) is 0.0909. The van der Waals surface area contributed by atoms with E-state index in [1.54, 1.807) is 0 Å². The molecule has 4 aromatic rings. The molecule has 4 nitrogen and oxygen atoms in total. The van der Waals surface area contributed by atoms with Gasteiger partial charge in [-0.2, -0.15) is 0 Å². The molecule has 1 heterocycles. The number of aromatic nitrogens is 2. The molecule has 0 saturated carbocycles. The molecule has 0 aliphatic rings. The number of imidazole rings is 1.